The van der Waals surface area contributed by atoms with Gasteiger partial charge in [-0.05, 0) is 13.0 Å². The van der Waals surface area contributed by atoms with Gasteiger partial charge in [0.2, 0.25) is 0 Å². The van der Waals surface area contributed by atoms with Gasteiger partial charge >= 0.3 is 12.3 Å². The second-order valence-electron chi connectivity index (χ2n) is 3.55. The Morgan fingerprint density at radius 1 is 1.40 bits per heavy atom. The molecule has 0 saturated heterocycles. The first kappa shape index (κ1) is 15.8. The van der Waals surface area contributed by atoms with E-state index in [0.29, 0.717) is 0 Å². The monoisotopic (exact) mass is 291 g/mol. The van der Waals surface area contributed by atoms with Crippen molar-refractivity contribution in [2.45, 2.75) is 19.7 Å². The van der Waals surface area contributed by atoms with Gasteiger partial charge in [-0.2, -0.15) is 5.26 Å². The van der Waals surface area contributed by atoms with Gasteiger partial charge < -0.3 is 9.47 Å². The minimum atomic E-state index is -5.11. The van der Waals surface area contributed by atoms with Crippen LogP contribution in [0.15, 0.2) is 12.1 Å². The maximum atomic E-state index is 13.3. The highest BCUT2D eigenvalue weighted by atomic mass is 19.4. The van der Waals surface area contributed by atoms with Gasteiger partial charge in [0.15, 0.2) is 5.75 Å². The van der Waals surface area contributed by atoms with Gasteiger partial charge in [0.05, 0.1) is 13.0 Å². The summed E-state index contributed by atoms with van der Waals surface area (Å²) < 4.78 is 58.4. The number of hydrogen-bond donors (Lipinski definition) is 0. The van der Waals surface area contributed by atoms with Crippen LogP contribution in [0.2, 0.25) is 0 Å². The van der Waals surface area contributed by atoms with Gasteiger partial charge in [-0.25, -0.2) is 4.39 Å². The maximum Gasteiger partial charge on any atom is 0.573 e. The number of carbonyl (C=O) groups excluding carboxylic acids is 1. The summed E-state index contributed by atoms with van der Waals surface area (Å²) in [5.41, 5.74) is -1.19. The lowest BCUT2D eigenvalue weighted by Gasteiger charge is -2.14. The Morgan fingerprint density at radius 3 is 2.55 bits per heavy atom. The van der Waals surface area contributed by atoms with Crippen molar-refractivity contribution < 1.29 is 31.8 Å². The number of alkyl halides is 3. The lowest BCUT2D eigenvalue weighted by Crippen LogP contribution is -2.20. The number of ether oxygens (including phenoxy) is 2. The van der Waals surface area contributed by atoms with Crippen LogP contribution in [0.5, 0.6) is 5.75 Å². The van der Waals surface area contributed by atoms with E-state index in [-0.39, 0.29) is 12.2 Å². The molecule has 0 fully saturated rings. The highest BCUT2D eigenvalue weighted by Crippen LogP contribution is 2.32. The van der Waals surface area contributed by atoms with Crippen LogP contribution in [0.1, 0.15) is 18.1 Å². The zero-order valence-corrected chi connectivity index (χ0v) is 10.3. The summed E-state index contributed by atoms with van der Waals surface area (Å²) in [6, 6.07) is 3.01. The second kappa shape index (κ2) is 6.23. The van der Waals surface area contributed by atoms with Crippen molar-refractivity contribution in [3.05, 3.63) is 29.1 Å². The second-order valence-corrected chi connectivity index (χ2v) is 3.55. The molecule has 0 N–H and O–H groups in total. The van der Waals surface area contributed by atoms with E-state index in [1.807, 2.05) is 0 Å². The van der Waals surface area contributed by atoms with Crippen molar-refractivity contribution >= 4 is 5.97 Å². The van der Waals surface area contributed by atoms with E-state index in [0.717, 1.165) is 12.1 Å². The first-order chi connectivity index (χ1) is 9.28. The van der Waals surface area contributed by atoms with Crippen LogP contribution in [0.3, 0.4) is 0 Å². The predicted molar refractivity (Wildman–Crippen MR) is 58.1 cm³/mol. The molecule has 0 aliphatic rings. The van der Waals surface area contributed by atoms with Gasteiger partial charge in [-0.1, -0.05) is 6.07 Å². The SMILES string of the molecule is CCOC(=O)Cc1ccc(F)c(C#N)c1OC(F)(F)F. The molecule has 0 aliphatic carbocycles. The quantitative estimate of drug-likeness (QED) is 0.632. The zero-order valence-electron chi connectivity index (χ0n) is 10.3. The Kier molecular flexibility index (Phi) is 4.91. The molecule has 0 heterocycles. The molecule has 0 aliphatic heterocycles. The molecule has 0 saturated carbocycles. The Balaban J connectivity index is 3.23. The Bertz CT molecular complexity index is 549. The number of halogens is 4. The fourth-order valence-corrected chi connectivity index (χ4v) is 1.44. The summed E-state index contributed by atoms with van der Waals surface area (Å²) in [6.45, 7) is 1.57. The first-order valence-electron chi connectivity index (χ1n) is 5.41. The zero-order chi connectivity index (χ0) is 15.3. The van der Waals surface area contributed by atoms with Gasteiger partial charge in [0.25, 0.3) is 0 Å². The molecule has 0 spiro atoms. The molecule has 4 nitrogen and oxygen atoms in total. The van der Waals surface area contributed by atoms with Crippen LogP contribution in [-0.2, 0) is 16.0 Å². The Labute approximate surface area is 111 Å². The van der Waals surface area contributed by atoms with Crippen LogP contribution in [0.4, 0.5) is 17.6 Å². The third-order valence-electron chi connectivity index (χ3n) is 2.16. The summed E-state index contributed by atoms with van der Waals surface area (Å²) in [7, 11) is 0. The largest absolute Gasteiger partial charge is 0.573 e. The van der Waals surface area contributed by atoms with Gasteiger partial charge in [0.1, 0.15) is 17.4 Å². The molecule has 0 radical (unpaired) electrons. The molecule has 0 bridgehead atoms. The van der Waals surface area contributed by atoms with E-state index in [1.165, 1.54) is 13.0 Å². The van der Waals surface area contributed by atoms with Gasteiger partial charge in [-0.15, -0.1) is 13.2 Å². The summed E-state index contributed by atoms with van der Waals surface area (Å²) in [4.78, 5) is 11.3. The highest BCUT2D eigenvalue weighted by Gasteiger charge is 2.34. The van der Waals surface area contributed by atoms with Crippen LogP contribution in [0, 0.1) is 17.1 Å². The van der Waals surface area contributed by atoms with Crippen molar-refractivity contribution in [3.8, 4) is 11.8 Å². The molecule has 108 valence electrons. The van der Waals surface area contributed by atoms with E-state index in [1.54, 1.807) is 0 Å². The van der Waals surface area contributed by atoms with Crippen LogP contribution in [-0.4, -0.2) is 18.9 Å². The molecule has 1 aromatic rings. The van der Waals surface area contributed by atoms with Crippen LogP contribution < -0.4 is 4.74 Å². The van der Waals surface area contributed by atoms with E-state index < -0.39 is 35.9 Å². The predicted octanol–water partition coefficient (Wildman–Crippen LogP) is 2.70. The minimum absolute atomic E-state index is 0.0423. The van der Waals surface area contributed by atoms with Crippen molar-refractivity contribution in [2.24, 2.45) is 0 Å². The summed E-state index contributed by atoms with van der Waals surface area (Å²) in [5.74, 6) is -3.00. The van der Waals surface area contributed by atoms with E-state index in [4.69, 9.17) is 5.26 Å². The first-order valence-corrected chi connectivity index (χ1v) is 5.41. The molecule has 8 heteroatoms. The van der Waals surface area contributed by atoms with Gasteiger partial charge in [0, 0.05) is 5.56 Å². The normalized spacial score (nSPS) is 10.8. The number of benzene rings is 1. The fraction of sp³-hybridized carbons (Fsp3) is 0.333. The number of hydrogen-bond acceptors (Lipinski definition) is 4. The van der Waals surface area contributed by atoms with E-state index >= 15 is 0 Å². The highest BCUT2D eigenvalue weighted by molar-refractivity contribution is 5.74. The number of carbonyl (C=O) groups is 1. The van der Waals surface area contributed by atoms with Crippen LogP contribution in [0.25, 0.3) is 0 Å². The summed E-state index contributed by atoms with van der Waals surface area (Å²) in [5, 5.41) is 8.70. The number of rotatable bonds is 4. The standard InChI is InChI=1S/C12H9F4NO3/c1-2-19-10(18)5-7-3-4-9(13)8(6-17)11(7)20-12(14,15)16/h3-4H,2,5H2,1H3. The molecule has 20 heavy (non-hydrogen) atoms. The average molecular weight is 291 g/mol. The lowest BCUT2D eigenvalue weighted by atomic mass is 10.1. The summed E-state index contributed by atoms with van der Waals surface area (Å²) in [6.07, 6.45) is -5.67. The van der Waals surface area contributed by atoms with E-state index in [2.05, 4.69) is 9.47 Å². The molecular weight excluding hydrogens is 282 g/mol. The number of nitrogens with zero attached hydrogens (tertiary/aromatic N) is 1. The molecule has 0 aromatic heterocycles. The van der Waals surface area contributed by atoms with Crippen molar-refractivity contribution in [1.29, 1.82) is 5.26 Å². The Morgan fingerprint density at radius 2 is 2.05 bits per heavy atom. The molecular formula is C12H9F4NO3. The van der Waals surface area contributed by atoms with Crippen LogP contribution >= 0.6 is 0 Å². The lowest BCUT2D eigenvalue weighted by molar-refractivity contribution is -0.275. The molecule has 0 amide bonds. The third-order valence-corrected chi connectivity index (χ3v) is 2.16. The van der Waals surface area contributed by atoms with Crippen molar-refractivity contribution in [2.75, 3.05) is 6.61 Å². The van der Waals surface area contributed by atoms with E-state index in [9.17, 15) is 22.4 Å². The van der Waals surface area contributed by atoms with Gasteiger partial charge in [-0.3, -0.25) is 4.79 Å². The average Bonchev–Trinajstić information content (AvgIpc) is 2.31. The minimum Gasteiger partial charge on any atom is -0.466 e. The molecule has 1 rings (SSSR count). The smallest absolute Gasteiger partial charge is 0.466 e. The topological polar surface area (TPSA) is 59.3 Å². The molecule has 0 atom stereocenters. The third kappa shape index (κ3) is 4.12. The fourth-order valence-electron chi connectivity index (χ4n) is 1.44. The summed E-state index contributed by atoms with van der Waals surface area (Å²) >= 11 is 0. The Hall–Kier alpha value is -2.30. The number of esters is 1. The molecule has 0 unspecified atom stereocenters. The van der Waals surface area contributed by atoms with Crippen molar-refractivity contribution in [3.63, 3.8) is 0 Å². The number of nitriles is 1. The maximum absolute atomic E-state index is 13.3. The molecule has 1 aromatic carbocycles. The van der Waals surface area contributed by atoms with Crippen molar-refractivity contribution in [1.82, 2.24) is 0 Å².